The van der Waals surface area contributed by atoms with Crippen molar-refractivity contribution in [3.05, 3.63) is 24.3 Å². The van der Waals surface area contributed by atoms with Crippen LogP contribution in [0.2, 0.25) is 18.1 Å². The van der Waals surface area contributed by atoms with E-state index in [1.54, 1.807) is 6.08 Å². The molecule has 0 aromatic carbocycles. The number of allylic oxidation sites excluding steroid dienone is 4. The molecule has 0 unspecified atom stereocenters. The average molecular weight is 577 g/mol. The Labute approximate surface area is 244 Å². The van der Waals surface area contributed by atoms with Gasteiger partial charge in [-0.2, -0.15) is 0 Å². The first kappa shape index (κ1) is 34.5. The van der Waals surface area contributed by atoms with Gasteiger partial charge in [-0.05, 0) is 73.1 Å². The Balaban J connectivity index is 2.32. The highest BCUT2D eigenvalue weighted by Crippen LogP contribution is 2.48. The number of carbonyl (C=O) groups excluding carboxylic acids is 3. The molecule has 2 aliphatic carbocycles. The molecule has 7 heteroatoms. The monoisotopic (exact) mass is 576 g/mol. The molecule has 0 heterocycles. The van der Waals surface area contributed by atoms with Crippen molar-refractivity contribution in [2.45, 2.75) is 118 Å². The predicted molar refractivity (Wildman–Crippen MR) is 163 cm³/mol. The van der Waals surface area contributed by atoms with Gasteiger partial charge < -0.3 is 13.9 Å². The lowest BCUT2D eigenvalue weighted by Gasteiger charge is -2.48. The minimum absolute atomic E-state index is 0.0476. The molecular formula is C33H56O6Si. The van der Waals surface area contributed by atoms with Gasteiger partial charge in [0.15, 0.2) is 14.1 Å². The maximum absolute atomic E-state index is 13.4. The third-order valence-corrected chi connectivity index (χ3v) is 14.1. The second-order valence-electron chi connectivity index (χ2n) is 14.2. The van der Waals surface area contributed by atoms with Crippen LogP contribution < -0.4 is 0 Å². The zero-order valence-corrected chi connectivity index (χ0v) is 28.0. The van der Waals surface area contributed by atoms with Crippen molar-refractivity contribution in [3.8, 4) is 0 Å². The van der Waals surface area contributed by atoms with E-state index in [9.17, 15) is 14.4 Å². The highest BCUT2D eigenvalue weighted by Gasteiger charge is 2.46. The van der Waals surface area contributed by atoms with E-state index in [1.807, 2.05) is 13.8 Å². The van der Waals surface area contributed by atoms with Crippen LogP contribution in [0, 0.1) is 41.4 Å². The fourth-order valence-electron chi connectivity index (χ4n) is 5.95. The number of esters is 2. The first-order chi connectivity index (χ1) is 18.5. The zero-order chi connectivity index (χ0) is 30.4. The Morgan fingerprint density at radius 2 is 1.70 bits per heavy atom. The lowest BCUT2D eigenvalue weighted by molar-refractivity contribution is -0.163. The van der Waals surface area contributed by atoms with Crippen molar-refractivity contribution in [2.24, 2.45) is 41.4 Å². The van der Waals surface area contributed by atoms with Crippen LogP contribution in [0.4, 0.5) is 0 Å². The molecule has 2 rings (SSSR count). The maximum atomic E-state index is 13.4. The third-order valence-electron chi connectivity index (χ3n) is 9.58. The molecular weight excluding hydrogens is 520 g/mol. The average Bonchev–Trinajstić information content (AvgIpc) is 2.84. The molecule has 0 radical (unpaired) electrons. The van der Waals surface area contributed by atoms with Gasteiger partial charge >= 0.3 is 11.9 Å². The summed E-state index contributed by atoms with van der Waals surface area (Å²) in [5.74, 6) is 0.950. The van der Waals surface area contributed by atoms with Crippen molar-refractivity contribution in [1.82, 2.24) is 0 Å². The quantitative estimate of drug-likeness (QED) is 0.103. The van der Waals surface area contributed by atoms with E-state index in [4.69, 9.17) is 13.9 Å². The molecule has 0 amide bonds. The second kappa shape index (κ2) is 14.4. The van der Waals surface area contributed by atoms with Crippen LogP contribution in [0.3, 0.4) is 0 Å². The van der Waals surface area contributed by atoms with E-state index in [2.05, 4.69) is 72.9 Å². The summed E-state index contributed by atoms with van der Waals surface area (Å²) >= 11 is 0. The summed E-state index contributed by atoms with van der Waals surface area (Å²) in [6.45, 7) is 21.3. The minimum Gasteiger partial charge on any atom is -0.469 e. The van der Waals surface area contributed by atoms with E-state index in [1.165, 1.54) is 7.11 Å². The summed E-state index contributed by atoms with van der Waals surface area (Å²) in [6, 6.07) is 0. The van der Waals surface area contributed by atoms with Crippen molar-refractivity contribution < 1.29 is 28.3 Å². The summed E-state index contributed by atoms with van der Waals surface area (Å²) in [7, 11) is -0.841. The number of fused-ring (bicyclic) bond motifs is 1. The largest absolute Gasteiger partial charge is 0.469 e. The van der Waals surface area contributed by atoms with Crippen LogP contribution >= 0.6 is 0 Å². The summed E-state index contributed by atoms with van der Waals surface area (Å²) in [4.78, 5) is 38.4. The first-order valence-corrected chi connectivity index (χ1v) is 18.3. The van der Waals surface area contributed by atoms with E-state index in [0.717, 1.165) is 19.3 Å². The molecule has 6 nitrogen and oxygen atoms in total. The predicted octanol–water partition coefficient (Wildman–Crippen LogP) is 7.53. The molecule has 0 N–H and O–H groups in total. The molecule has 1 saturated carbocycles. The van der Waals surface area contributed by atoms with Crippen LogP contribution in [0.5, 0.6) is 0 Å². The highest BCUT2D eigenvalue weighted by molar-refractivity contribution is 6.74. The molecule has 228 valence electrons. The van der Waals surface area contributed by atoms with E-state index in [-0.39, 0.29) is 65.4 Å². The summed E-state index contributed by atoms with van der Waals surface area (Å²) in [5.41, 5.74) is 0. The fraction of sp³-hybridized carbons (Fsp3) is 0.788. The Bertz CT molecular complexity index is 930. The van der Waals surface area contributed by atoms with Crippen LogP contribution in [0.15, 0.2) is 24.3 Å². The smallest absolute Gasteiger partial charge is 0.308 e. The van der Waals surface area contributed by atoms with Gasteiger partial charge in [-0.15, -0.1) is 0 Å². The van der Waals surface area contributed by atoms with Gasteiger partial charge in [0.25, 0.3) is 0 Å². The van der Waals surface area contributed by atoms with E-state index < -0.39 is 14.4 Å². The zero-order valence-electron chi connectivity index (χ0n) is 27.0. The maximum Gasteiger partial charge on any atom is 0.308 e. The van der Waals surface area contributed by atoms with Crippen LogP contribution in [0.25, 0.3) is 0 Å². The Hall–Kier alpha value is -1.73. The Kier molecular flexibility index (Phi) is 12.4. The topological polar surface area (TPSA) is 78.9 Å². The molecule has 1 fully saturated rings. The molecule has 0 aliphatic heterocycles. The lowest BCUT2D eigenvalue weighted by atomic mass is 9.59. The van der Waals surface area contributed by atoms with Gasteiger partial charge in [-0.1, -0.05) is 73.6 Å². The first-order valence-electron chi connectivity index (χ1n) is 15.3. The summed E-state index contributed by atoms with van der Waals surface area (Å²) in [6.07, 6.45) is 10.6. The fourth-order valence-corrected chi connectivity index (χ4v) is 7.31. The molecule has 0 bridgehead atoms. The van der Waals surface area contributed by atoms with E-state index in [0.29, 0.717) is 17.8 Å². The van der Waals surface area contributed by atoms with Gasteiger partial charge in [0.1, 0.15) is 6.10 Å². The lowest BCUT2D eigenvalue weighted by Crippen LogP contribution is -2.46. The number of ether oxygens (including phenoxy) is 2. The van der Waals surface area contributed by atoms with Crippen molar-refractivity contribution in [3.63, 3.8) is 0 Å². The van der Waals surface area contributed by atoms with Crippen LogP contribution in [-0.4, -0.2) is 45.4 Å². The van der Waals surface area contributed by atoms with Crippen molar-refractivity contribution in [2.75, 3.05) is 7.11 Å². The van der Waals surface area contributed by atoms with Gasteiger partial charge in [0, 0.05) is 12.3 Å². The molecule has 0 saturated heterocycles. The van der Waals surface area contributed by atoms with Gasteiger partial charge in [-0.3, -0.25) is 14.4 Å². The third kappa shape index (κ3) is 9.14. The minimum atomic E-state index is -2.20. The van der Waals surface area contributed by atoms with Gasteiger partial charge in [0.05, 0.1) is 25.6 Å². The van der Waals surface area contributed by atoms with Crippen LogP contribution in [0.1, 0.15) is 87.5 Å². The van der Waals surface area contributed by atoms with Gasteiger partial charge in [0.2, 0.25) is 0 Å². The number of ketones is 1. The Morgan fingerprint density at radius 3 is 2.25 bits per heavy atom. The summed E-state index contributed by atoms with van der Waals surface area (Å²) < 4.78 is 17.6. The number of carbonyl (C=O) groups is 3. The normalized spacial score (nSPS) is 28.7. The number of hydrogen-bond donors (Lipinski definition) is 0. The summed E-state index contributed by atoms with van der Waals surface area (Å²) in [5, 5.41) is -0.0476. The number of hydrogen-bond acceptors (Lipinski definition) is 6. The highest BCUT2D eigenvalue weighted by atomic mass is 28.4. The number of methoxy groups -OCH3 is 1. The van der Waals surface area contributed by atoms with E-state index >= 15 is 0 Å². The molecule has 40 heavy (non-hydrogen) atoms. The number of rotatable bonds is 12. The molecule has 0 spiro atoms. The SMILES string of the molecule is CC[C@H](C)C(=O)O[C@H]1C[C@@H](C)C[C@@H]2C=C[C@H](C(C)C)[C@H](/C=C/C(=O)C[C@H](CC(=O)OC)O[Si](C)(C)C(C)(C)C)[C@@H]12. The molecule has 8 atom stereocenters. The molecule has 0 aromatic rings. The van der Waals surface area contributed by atoms with Crippen molar-refractivity contribution in [1.29, 1.82) is 0 Å². The van der Waals surface area contributed by atoms with Gasteiger partial charge in [-0.25, -0.2) is 0 Å². The van der Waals surface area contributed by atoms with Crippen LogP contribution in [-0.2, 0) is 28.3 Å². The molecule has 0 aromatic heterocycles. The van der Waals surface area contributed by atoms with Crippen molar-refractivity contribution >= 4 is 26.0 Å². The standard InChI is InChI=1S/C33H56O6Si/c1-12-23(5)32(36)38-29-18-22(4)17-24-13-15-27(21(2)3)28(31(24)29)16-14-25(34)19-26(20-30(35)37-9)39-40(10,11)33(6,7)8/h13-16,21-24,26-29,31H,12,17-20H2,1-11H3/b16-14+/t22-,23-,24-,26+,27+,28-,29-,31-/m0/s1. The second-order valence-corrected chi connectivity index (χ2v) is 19.0. The Morgan fingerprint density at radius 1 is 1.05 bits per heavy atom. The molecule has 2 aliphatic rings.